The highest BCUT2D eigenvalue weighted by Gasteiger charge is 2.22. The first-order chi connectivity index (χ1) is 9.82. The lowest BCUT2D eigenvalue weighted by Crippen LogP contribution is -2.28. The Balaban J connectivity index is 2.41. The lowest BCUT2D eigenvalue weighted by Gasteiger charge is -2.15. The summed E-state index contributed by atoms with van der Waals surface area (Å²) in [6.45, 7) is 6.73. The van der Waals surface area contributed by atoms with Gasteiger partial charge >= 0.3 is 0 Å². The van der Waals surface area contributed by atoms with Crippen LogP contribution in [0.25, 0.3) is 0 Å². The van der Waals surface area contributed by atoms with E-state index in [0.29, 0.717) is 24.0 Å². The smallest absolute Gasteiger partial charge is 0.231 e. The molecule has 2 amide bonds. The van der Waals surface area contributed by atoms with Gasteiger partial charge in [-0.1, -0.05) is 20.8 Å². The monoisotopic (exact) mass is 313 g/mol. The van der Waals surface area contributed by atoms with Crippen molar-refractivity contribution in [3.8, 4) is 0 Å². The third-order valence-corrected chi connectivity index (χ3v) is 3.45. The highest BCUT2D eigenvalue weighted by atomic mass is 32.1. The molecule has 0 radical (unpaired) electrons. The topological polar surface area (TPSA) is 80.3 Å². The van der Waals surface area contributed by atoms with E-state index < -0.39 is 5.41 Å². The fourth-order valence-corrected chi connectivity index (χ4v) is 2.11. The van der Waals surface area contributed by atoms with Crippen molar-refractivity contribution in [2.24, 2.45) is 5.41 Å². The normalized spacial score (nSPS) is 11.2. The van der Waals surface area contributed by atoms with E-state index in [9.17, 15) is 9.59 Å². The average Bonchev–Trinajstić information content (AvgIpc) is 2.81. The first-order valence-electron chi connectivity index (χ1n) is 6.84. The number of carbonyl (C=O) groups is 2. The van der Waals surface area contributed by atoms with E-state index in [4.69, 9.17) is 4.74 Å². The summed E-state index contributed by atoms with van der Waals surface area (Å²) < 4.78 is 4.91. The molecule has 0 aliphatic heterocycles. The van der Waals surface area contributed by atoms with Crippen molar-refractivity contribution in [2.45, 2.75) is 33.6 Å². The Kier molecular flexibility index (Phi) is 6.77. The molecular formula is C14H23N3O3S. The minimum absolute atomic E-state index is 0.0786. The van der Waals surface area contributed by atoms with Crippen LogP contribution in [0.4, 0.5) is 5.13 Å². The Labute approximate surface area is 129 Å². The van der Waals surface area contributed by atoms with Gasteiger partial charge in [-0.2, -0.15) is 0 Å². The van der Waals surface area contributed by atoms with Crippen molar-refractivity contribution in [3.63, 3.8) is 0 Å². The second-order valence-electron chi connectivity index (χ2n) is 5.72. The maximum absolute atomic E-state index is 11.8. The molecule has 2 N–H and O–H groups in total. The highest BCUT2D eigenvalue weighted by Crippen LogP contribution is 2.20. The first-order valence-corrected chi connectivity index (χ1v) is 7.72. The van der Waals surface area contributed by atoms with Crippen LogP contribution < -0.4 is 10.6 Å². The highest BCUT2D eigenvalue weighted by molar-refractivity contribution is 7.13. The predicted octanol–water partition coefficient (Wildman–Crippen LogP) is 1.82. The number of amides is 2. The van der Waals surface area contributed by atoms with Crippen molar-refractivity contribution in [1.29, 1.82) is 0 Å². The van der Waals surface area contributed by atoms with E-state index in [0.717, 1.165) is 6.42 Å². The van der Waals surface area contributed by atoms with Gasteiger partial charge in [-0.3, -0.25) is 9.59 Å². The molecule has 1 aromatic heterocycles. The largest absolute Gasteiger partial charge is 0.385 e. The Hall–Kier alpha value is -1.47. The number of anilines is 1. The Morgan fingerprint density at radius 3 is 2.71 bits per heavy atom. The number of carbonyl (C=O) groups excluding carboxylic acids is 2. The van der Waals surface area contributed by atoms with Crippen LogP contribution in [0, 0.1) is 5.41 Å². The molecule has 0 aliphatic rings. The lowest BCUT2D eigenvalue weighted by molar-refractivity contribution is -0.123. The summed E-state index contributed by atoms with van der Waals surface area (Å²) in [5, 5.41) is 7.86. The maximum Gasteiger partial charge on any atom is 0.231 e. The van der Waals surface area contributed by atoms with Crippen molar-refractivity contribution in [1.82, 2.24) is 10.3 Å². The summed E-state index contributed by atoms with van der Waals surface area (Å²) in [5.74, 6) is -0.169. The van der Waals surface area contributed by atoms with Crippen LogP contribution in [-0.4, -0.2) is 37.1 Å². The molecule has 0 spiro atoms. The van der Waals surface area contributed by atoms with Gasteiger partial charge in [0.25, 0.3) is 0 Å². The molecule has 1 rings (SSSR count). The van der Waals surface area contributed by atoms with Gasteiger partial charge in [0, 0.05) is 31.1 Å². The van der Waals surface area contributed by atoms with Crippen LogP contribution in [0.3, 0.4) is 0 Å². The Morgan fingerprint density at radius 1 is 1.38 bits per heavy atom. The van der Waals surface area contributed by atoms with Crippen LogP contribution in [0.2, 0.25) is 0 Å². The Morgan fingerprint density at radius 2 is 2.10 bits per heavy atom. The third kappa shape index (κ3) is 6.68. The summed E-state index contributed by atoms with van der Waals surface area (Å²) in [5.41, 5.74) is 0.193. The molecule has 21 heavy (non-hydrogen) atoms. The summed E-state index contributed by atoms with van der Waals surface area (Å²) >= 11 is 1.32. The molecule has 0 saturated heterocycles. The van der Waals surface area contributed by atoms with Gasteiger partial charge in [-0.25, -0.2) is 4.98 Å². The summed E-state index contributed by atoms with van der Waals surface area (Å²) in [6, 6.07) is 0. The number of nitrogens with one attached hydrogen (secondary N) is 2. The second kappa shape index (κ2) is 8.09. The fourth-order valence-electron chi connectivity index (χ4n) is 1.40. The first kappa shape index (κ1) is 17.6. The molecule has 1 aromatic rings. The van der Waals surface area contributed by atoms with E-state index in [1.165, 1.54) is 11.3 Å². The number of ether oxygens (including phenoxy) is 1. The van der Waals surface area contributed by atoms with Gasteiger partial charge in [0.15, 0.2) is 5.13 Å². The van der Waals surface area contributed by atoms with Crippen LogP contribution in [0.5, 0.6) is 0 Å². The van der Waals surface area contributed by atoms with Crippen LogP contribution >= 0.6 is 11.3 Å². The summed E-state index contributed by atoms with van der Waals surface area (Å²) in [4.78, 5) is 27.8. The minimum atomic E-state index is -0.468. The van der Waals surface area contributed by atoms with E-state index in [-0.39, 0.29) is 18.2 Å². The maximum atomic E-state index is 11.8. The average molecular weight is 313 g/mol. The van der Waals surface area contributed by atoms with Crippen molar-refractivity contribution in [2.75, 3.05) is 25.6 Å². The number of hydrogen-bond acceptors (Lipinski definition) is 5. The molecule has 118 valence electrons. The molecular weight excluding hydrogens is 290 g/mol. The quantitative estimate of drug-likeness (QED) is 0.753. The van der Waals surface area contributed by atoms with E-state index in [1.54, 1.807) is 12.5 Å². The SMILES string of the molecule is COCCCNC(=O)Cc1csc(NC(=O)C(C)(C)C)n1. The number of methoxy groups -OCH3 is 1. The molecule has 0 bridgehead atoms. The van der Waals surface area contributed by atoms with Crippen molar-refractivity contribution < 1.29 is 14.3 Å². The van der Waals surface area contributed by atoms with Crippen molar-refractivity contribution >= 4 is 28.3 Å². The molecule has 0 aromatic carbocycles. The van der Waals surface area contributed by atoms with E-state index >= 15 is 0 Å². The van der Waals surface area contributed by atoms with Crippen LogP contribution in [-0.2, 0) is 20.7 Å². The molecule has 6 nitrogen and oxygen atoms in total. The van der Waals surface area contributed by atoms with Crippen LogP contribution in [0.1, 0.15) is 32.9 Å². The Bertz CT molecular complexity index is 480. The zero-order valence-corrected chi connectivity index (χ0v) is 13.8. The number of nitrogens with zero attached hydrogens (tertiary/aromatic N) is 1. The molecule has 0 fully saturated rings. The molecule has 0 unspecified atom stereocenters. The van der Waals surface area contributed by atoms with Crippen LogP contribution in [0.15, 0.2) is 5.38 Å². The molecule has 7 heteroatoms. The number of thiazole rings is 1. The van der Waals surface area contributed by atoms with Gasteiger partial charge in [0.05, 0.1) is 12.1 Å². The molecule has 0 aliphatic carbocycles. The zero-order valence-electron chi connectivity index (χ0n) is 13.0. The zero-order chi connectivity index (χ0) is 15.9. The van der Waals surface area contributed by atoms with Gasteiger partial charge in [0.2, 0.25) is 11.8 Å². The number of rotatable bonds is 7. The summed E-state index contributed by atoms with van der Waals surface area (Å²) in [7, 11) is 1.63. The lowest BCUT2D eigenvalue weighted by atomic mass is 9.96. The number of hydrogen-bond donors (Lipinski definition) is 2. The van der Waals surface area contributed by atoms with E-state index in [1.807, 2.05) is 20.8 Å². The molecule has 0 atom stereocenters. The van der Waals surface area contributed by atoms with Gasteiger partial charge < -0.3 is 15.4 Å². The van der Waals surface area contributed by atoms with Crippen molar-refractivity contribution in [3.05, 3.63) is 11.1 Å². The van der Waals surface area contributed by atoms with Gasteiger partial charge in [0.1, 0.15) is 0 Å². The number of aromatic nitrogens is 1. The second-order valence-corrected chi connectivity index (χ2v) is 6.58. The molecule has 1 heterocycles. The van der Waals surface area contributed by atoms with Gasteiger partial charge in [-0.05, 0) is 6.42 Å². The fraction of sp³-hybridized carbons (Fsp3) is 0.643. The molecule has 0 saturated carbocycles. The minimum Gasteiger partial charge on any atom is -0.385 e. The van der Waals surface area contributed by atoms with Gasteiger partial charge in [-0.15, -0.1) is 11.3 Å². The van der Waals surface area contributed by atoms with E-state index in [2.05, 4.69) is 15.6 Å². The third-order valence-electron chi connectivity index (χ3n) is 2.64. The predicted molar refractivity (Wildman–Crippen MR) is 83.4 cm³/mol. The summed E-state index contributed by atoms with van der Waals surface area (Å²) in [6.07, 6.45) is 1.00. The standard InChI is InChI=1S/C14H23N3O3S/c1-14(2,3)12(19)17-13-16-10(9-21-13)8-11(18)15-6-5-7-20-4/h9H,5-8H2,1-4H3,(H,15,18)(H,16,17,19).